The van der Waals surface area contributed by atoms with Crippen LogP contribution in [-0.2, 0) is 7.05 Å². The summed E-state index contributed by atoms with van der Waals surface area (Å²) in [6, 6.07) is 0. The van der Waals surface area contributed by atoms with Gasteiger partial charge >= 0.3 is 0 Å². The van der Waals surface area contributed by atoms with Crippen LogP contribution >= 0.6 is 0 Å². The SMILES string of the molecule is Cc1nc(C(C)C(C)C)n(C)c1C. The molecule has 0 saturated carbocycles. The van der Waals surface area contributed by atoms with Crippen molar-refractivity contribution in [1.29, 1.82) is 0 Å². The maximum atomic E-state index is 4.59. The summed E-state index contributed by atoms with van der Waals surface area (Å²) in [6.45, 7) is 10.9. The van der Waals surface area contributed by atoms with Crippen molar-refractivity contribution in [2.75, 3.05) is 0 Å². The molecule has 13 heavy (non-hydrogen) atoms. The number of hydrogen-bond donors (Lipinski definition) is 0. The second kappa shape index (κ2) is 3.52. The molecule has 1 atom stereocenters. The minimum atomic E-state index is 0.539. The lowest BCUT2D eigenvalue weighted by molar-refractivity contribution is 0.495. The number of hydrogen-bond acceptors (Lipinski definition) is 1. The van der Waals surface area contributed by atoms with E-state index in [1.54, 1.807) is 0 Å². The Balaban J connectivity index is 3.08. The first-order chi connectivity index (χ1) is 5.95. The van der Waals surface area contributed by atoms with E-state index in [4.69, 9.17) is 0 Å². The fraction of sp³-hybridized carbons (Fsp3) is 0.727. The van der Waals surface area contributed by atoms with E-state index in [-0.39, 0.29) is 0 Å². The minimum absolute atomic E-state index is 0.539. The number of aryl methyl sites for hydroxylation is 1. The Morgan fingerprint density at radius 1 is 1.15 bits per heavy atom. The molecule has 0 bridgehead atoms. The molecule has 1 unspecified atom stereocenters. The van der Waals surface area contributed by atoms with Crippen LogP contribution in [0.15, 0.2) is 0 Å². The fourth-order valence-corrected chi connectivity index (χ4v) is 1.45. The summed E-state index contributed by atoms with van der Waals surface area (Å²) in [4.78, 5) is 4.59. The van der Waals surface area contributed by atoms with Gasteiger partial charge in [0, 0.05) is 18.7 Å². The second-order valence-electron chi connectivity index (χ2n) is 4.23. The van der Waals surface area contributed by atoms with E-state index in [1.807, 2.05) is 0 Å². The summed E-state index contributed by atoms with van der Waals surface area (Å²) in [5.74, 6) is 2.40. The summed E-state index contributed by atoms with van der Waals surface area (Å²) in [6.07, 6.45) is 0. The Bertz CT molecular complexity index is 297. The van der Waals surface area contributed by atoms with Gasteiger partial charge in [-0.1, -0.05) is 20.8 Å². The molecule has 0 aliphatic heterocycles. The molecule has 0 radical (unpaired) electrons. The molecule has 0 N–H and O–H groups in total. The van der Waals surface area contributed by atoms with Gasteiger partial charge in [0.05, 0.1) is 5.69 Å². The van der Waals surface area contributed by atoms with Gasteiger partial charge in [0.25, 0.3) is 0 Å². The van der Waals surface area contributed by atoms with Crippen molar-refractivity contribution in [3.63, 3.8) is 0 Å². The third-order valence-electron chi connectivity index (χ3n) is 3.06. The molecule has 1 rings (SSSR count). The number of aromatic nitrogens is 2. The third kappa shape index (κ3) is 1.77. The highest BCUT2D eigenvalue weighted by Crippen LogP contribution is 2.23. The van der Waals surface area contributed by atoms with Crippen LogP contribution in [0.5, 0.6) is 0 Å². The van der Waals surface area contributed by atoms with Gasteiger partial charge < -0.3 is 4.57 Å². The first-order valence-electron chi connectivity index (χ1n) is 4.95. The van der Waals surface area contributed by atoms with Gasteiger partial charge in [0.15, 0.2) is 0 Å². The highest BCUT2D eigenvalue weighted by atomic mass is 15.1. The lowest BCUT2D eigenvalue weighted by Gasteiger charge is -2.15. The lowest BCUT2D eigenvalue weighted by Crippen LogP contribution is -2.09. The maximum Gasteiger partial charge on any atom is 0.112 e. The van der Waals surface area contributed by atoms with Gasteiger partial charge in [-0.15, -0.1) is 0 Å². The van der Waals surface area contributed by atoms with E-state index in [0.29, 0.717) is 11.8 Å². The molecule has 1 aromatic heterocycles. The molecule has 0 fully saturated rings. The largest absolute Gasteiger partial charge is 0.335 e. The first-order valence-corrected chi connectivity index (χ1v) is 4.95. The quantitative estimate of drug-likeness (QED) is 0.684. The maximum absolute atomic E-state index is 4.59. The summed E-state index contributed by atoms with van der Waals surface area (Å²) in [5.41, 5.74) is 2.44. The topological polar surface area (TPSA) is 17.8 Å². The average Bonchev–Trinajstić information content (AvgIpc) is 2.31. The summed E-state index contributed by atoms with van der Waals surface area (Å²) < 4.78 is 2.21. The van der Waals surface area contributed by atoms with Crippen LogP contribution in [-0.4, -0.2) is 9.55 Å². The van der Waals surface area contributed by atoms with Crippen molar-refractivity contribution in [2.45, 2.75) is 40.5 Å². The molecule has 0 spiro atoms. The molecular weight excluding hydrogens is 160 g/mol. The molecule has 0 saturated heterocycles. The Hall–Kier alpha value is -0.790. The Kier molecular flexibility index (Phi) is 2.79. The molecule has 0 aliphatic carbocycles. The third-order valence-corrected chi connectivity index (χ3v) is 3.06. The summed E-state index contributed by atoms with van der Waals surface area (Å²) in [7, 11) is 2.10. The summed E-state index contributed by atoms with van der Waals surface area (Å²) >= 11 is 0. The highest BCUT2D eigenvalue weighted by molar-refractivity contribution is 5.16. The second-order valence-corrected chi connectivity index (χ2v) is 4.23. The van der Waals surface area contributed by atoms with Crippen molar-refractivity contribution in [1.82, 2.24) is 9.55 Å². The van der Waals surface area contributed by atoms with Gasteiger partial charge in [-0.3, -0.25) is 0 Å². The van der Waals surface area contributed by atoms with Gasteiger partial charge in [-0.25, -0.2) is 4.98 Å². The Morgan fingerprint density at radius 3 is 2.00 bits per heavy atom. The molecular formula is C11H20N2. The number of nitrogens with zero attached hydrogens (tertiary/aromatic N) is 2. The van der Waals surface area contributed by atoms with E-state index in [0.717, 1.165) is 5.69 Å². The van der Waals surface area contributed by atoms with Gasteiger partial charge in [-0.2, -0.15) is 0 Å². The number of imidazole rings is 1. The van der Waals surface area contributed by atoms with Gasteiger partial charge in [0.2, 0.25) is 0 Å². The van der Waals surface area contributed by atoms with Crippen molar-refractivity contribution >= 4 is 0 Å². The van der Waals surface area contributed by atoms with Crippen LogP contribution in [0.2, 0.25) is 0 Å². The smallest absolute Gasteiger partial charge is 0.112 e. The monoisotopic (exact) mass is 180 g/mol. The zero-order chi connectivity index (χ0) is 10.2. The van der Waals surface area contributed by atoms with Crippen LogP contribution in [0.25, 0.3) is 0 Å². The van der Waals surface area contributed by atoms with E-state index in [2.05, 4.69) is 51.2 Å². The fourth-order valence-electron chi connectivity index (χ4n) is 1.45. The molecule has 1 heterocycles. The standard InChI is InChI=1S/C11H20N2/c1-7(2)8(3)11-12-9(4)10(5)13(11)6/h7-8H,1-6H3. The average molecular weight is 180 g/mol. The normalized spacial score (nSPS) is 13.8. The van der Waals surface area contributed by atoms with E-state index in [1.165, 1.54) is 11.5 Å². The van der Waals surface area contributed by atoms with Crippen LogP contribution in [0, 0.1) is 19.8 Å². The highest BCUT2D eigenvalue weighted by Gasteiger charge is 2.17. The molecule has 0 aromatic carbocycles. The van der Waals surface area contributed by atoms with Gasteiger partial charge in [-0.05, 0) is 19.8 Å². The van der Waals surface area contributed by atoms with E-state index in [9.17, 15) is 0 Å². The zero-order valence-electron chi connectivity index (χ0n) is 9.55. The predicted octanol–water partition coefficient (Wildman–Crippen LogP) is 2.80. The molecule has 1 aromatic rings. The van der Waals surface area contributed by atoms with Crippen LogP contribution in [0.1, 0.15) is 43.9 Å². The zero-order valence-corrected chi connectivity index (χ0v) is 9.55. The van der Waals surface area contributed by atoms with Crippen molar-refractivity contribution in [3.8, 4) is 0 Å². The van der Waals surface area contributed by atoms with Crippen LogP contribution in [0.4, 0.5) is 0 Å². The molecule has 0 amide bonds. The number of rotatable bonds is 2. The molecule has 2 nitrogen and oxygen atoms in total. The van der Waals surface area contributed by atoms with Gasteiger partial charge in [0.1, 0.15) is 5.82 Å². The Labute approximate surface area is 81.0 Å². The minimum Gasteiger partial charge on any atom is -0.335 e. The molecule has 2 heteroatoms. The van der Waals surface area contributed by atoms with Crippen molar-refractivity contribution in [3.05, 3.63) is 17.2 Å². The van der Waals surface area contributed by atoms with Crippen molar-refractivity contribution in [2.24, 2.45) is 13.0 Å². The Morgan fingerprint density at radius 2 is 1.69 bits per heavy atom. The van der Waals surface area contributed by atoms with Crippen LogP contribution < -0.4 is 0 Å². The first kappa shape index (κ1) is 10.3. The van der Waals surface area contributed by atoms with E-state index < -0.39 is 0 Å². The molecule has 0 aliphatic rings. The van der Waals surface area contributed by atoms with Crippen molar-refractivity contribution < 1.29 is 0 Å². The van der Waals surface area contributed by atoms with Crippen LogP contribution in [0.3, 0.4) is 0 Å². The molecule has 74 valence electrons. The van der Waals surface area contributed by atoms with E-state index >= 15 is 0 Å². The summed E-state index contributed by atoms with van der Waals surface area (Å²) in [5, 5.41) is 0. The lowest BCUT2D eigenvalue weighted by atomic mass is 9.97. The predicted molar refractivity (Wildman–Crippen MR) is 55.9 cm³/mol.